The molecule has 0 spiro atoms. The van der Waals surface area contributed by atoms with Gasteiger partial charge in [0.1, 0.15) is 6.04 Å². The number of rotatable bonds is 4. The first kappa shape index (κ1) is 13.7. The first-order valence-corrected chi connectivity index (χ1v) is 5.54. The molecule has 1 aliphatic rings. The molecule has 0 bridgehead atoms. The summed E-state index contributed by atoms with van der Waals surface area (Å²) in [6, 6.07) is -1.28. The number of carbonyl (C=O) groups excluding carboxylic acids is 1. The molecule has 0 saturated carbocycles. The molecule has 0 aromatic carbocycles. The number of urea groups is 1. The summed E-state index contributed by atoms with van der Waals surface area (Å²) < 4.78 is 0. The van der Waals surface area contributed by atoms with Crippen molar-refractivity contribution < 1.29 is 19.8 Å². The van der Waals surface area contributed by atoms with Gasteiger partial charge in [0.15, 0.2) is 0 Å². The monoisotopic (exact) mass is 245 g/mol. The van der Waals surface area contributed by atoms with Crippen molar-refractivity contribution in [1.82, 2.24) is 15.1 Å². The maximum atomic E-state index is 12.0. The van der Waals surface area contributed by atoms with Crippen LogP contribution in [0.4, 0.5) is 4.79 Å². The highest BCUT2D eigenvalue weighted by Crippen LogP contribution is 2.19. The highest BCUT2D eigenvalue weighted by Gasteiger charge is 2.39. The molecule has 1 fully saturated rings. The van der Waals surface area contributed by atoms with E-state index in [1.54, 1.807) is 14.1 Å². The Kier molecular flexibility index (Phi) is 4.71. The Bertz CT molecular complexity index is 297. The van der Waals surface area contributed by atoms with E-state index in [0.717, 1.165) is 0 Å². The average molecular weight is 245 g/mol. The van der Waals surface area contributed by atoms with Crippen LogP contribution >= 0.6 is 0 Å². The summed E-state index contributed by atoms with van der Waals surface area (Å²) in [6.07, 6.45) is -0.654. The number of β-amino-alcohol motifs (C(OH)–C–C–N with tert-alkyl or cyclic N) is 1. The lowest BCUT2D eigenvalue weighted by Crippen LogP contribution is -2.48. The van der Waals surface area contributed by atoms with E-state index in [2.05, 4.69) is 5.32 Å². The SMILES string of the molecule is CNCCN(C)C(=O)N1CC(O)C[C@H]1C(=O)O. The molecule has 1 aliphatic heterocycles. The minimum absolute atomic E-state index is 0.0830. The van der Waals surface area contributed by atoms with Crippen molar-refractivity contribution in [3.63, 3.8) is 0 Å². The second kappa shape index (κ2) is 5.83. The smallest absolute Gasteiger partial charge is 0.326 e. The van der Waals surface area contributed by atoms with Crippen molar-refractivity contribution in [1.29, 1.82) is 0 Å². The van der Waals surface area contributed by atoms with Crippen LogP contribution < -0.4 is 5.32 Å². The fourth-order valence-corrected chi connectivity index (χ4v) is 1.85. The van der Waals surface area contributed by atoms with Crippen LogP contribution in [-0.4, -0.2) is 77.9 Å². The van der Waals surface area contributed by atoms with Crippen molar-refractivity contribution in [3.05, 3.63) is 0 Å². The Morgan fingerprint density at radius 2 is 2.18 bits per heavy atom. The van der Waals surface area contributed by atoms with Gasteiger partial charge in [-0.1, -0.05) is 0 Å². The minimum Gasteiger partial charge on any atom is -0.480 e. The molecule has 1 unspecified atom stereocenters. The van der Waals surface area contributed by atoms with Gasteiger partial charge in [-0.15, -0.1) is 0 Å². The van der Waals surface area contributed by atoms with E-state index in [-0.39, 0.29) is 19.0 Å². The van der Waals surface area contributed by atoms with E-state index in [1.165, 1.54) is 9.80 Å². The van der Waals surface area contributed by atoms with Crippen molar-refractivity contribution in [2.24, 2.45) is 0 Å². The number of likely N-dealkylation sites (N-methyl/N-ethyl adjacent to an activating group) is 2. The van der Waals surface area contributed by atoms with E-state index in [0.29, 0.717) is 13.1 Å². The molecule has 3 N–H and O–H groups in total. The summed E-state index contributed by atoms with van der Waals surface area (Å²) in [6.45, 7) is 1.21. The van der Waals surface area contributed by atoms with Gasteiger partial charge in [-0.2, -0.15) is 0 Å². The average Bonchev–Trinajstić information content (AvgIpc) is 2.67. The minimum atomic E-state index is -1.07. The number of hydrogen-bond acceptors (Lipinski definition) is 4. The van der Waals surface area contributed by atoms with Crippen molar-refractivity contribution >= 4 is 12.0 Å². The molecule has 7 heteroatoms. The predicted molar refractivity (Wildman–Crippen MR) is 60.7 cm³/mol. The van der Waals surface area contributed by atoms with Crippen LogP contribution in [0.3, 0.4) is 0 Å². The molecule has 0 radical (unpaired) electrons. The third-order valence-electron chi connectivity index (χ3n) is 2.83. The first-order chi connectivity index (χ1) is 7.97. The number of amides is 2. The van der Waals surface area contributed by atoms with Gasteiger partial charge < -0.3 is 25.3 Å². The Hall–Kier alpha value is -1.34. The van der Waals surface area contributed by atoms with Crippen LogP contribution in [0, 0.1) is 0 Å². The molecular weight excluding hydrogens is 226 g/mol. The summed E-state index contributed by atoms with van der Waals surface area (Å²) in [5.74, 6) is -1.07. The van der Waals surface area contributed by atoms with Crippen LogP contribution in [0.25, 0.3) is 0 Å². The van der Waals surface area contributed by atoms with Gasteiger partial charge in [0.25, 0.3) is 0 Å². The van der Waals surface area contributed by atoms with E-state index < -0.39 is 18.1 Å². The Morgan fingerprint density at radius 1 is 1.53 bits per heavy atom. The Labute approximate surface area is 100.0 Å². The number of nitrogens with zero attached hydrogens (tertiary/aromatic N) is 2. The Morgan fingerprint density at radius 3 is 2.71 bits per heavy atom. The third-order valence-corrected chi connectivity index (χ3v) is 2.83. The van der Waals surface area contributed by atoms with Gasteiger partial charge in [0, 0.05) is 33.1 Å². The third kappa shape index (κ3) is 3.31. The zero-order valence-corrected chi connectivity index (χ0v) is 10.1. The molecule has 1 saturated heterocycles. The quantitative estimate of drug-likeness (QED) is 0.577. The molecule has 0 aromatic rings. The largest absolute Gasteiger partial charge is 0.480 e. The second-order valence-corrected chi connectivity index (χ2v) is 4.20. The lowest BCUT2D eigenvalue weighted by atomic mass is 10.2. The lowest BCUT2D eigenvalue weighted by molar-refractivity contribution is -0.141. The van der Waals surface area contributed by atoms with Gasteiger partial charge >= 0.3 is 12.0 Å². The Balaban J connectivity index is 2.63. The molecule has 2 atom stereocenters. The number of nitrogens with one attached hydrogen (secondary N) is 1. The van der Waals surface area contributed by atoms with E-state index >= 15 is 0 Å². The summed E-state index contributed by atoms with van der Waals surface area (Å²) >= 11 is 0. The number of carboxylic acids is 1. The van der Waals surface area contributed by atoms with Gasteiger partial charge in [-0.05, 0) is 7.05 Å². The summed E-state index contributed by atoms with van der Waals surface area (Å²) in [7, 11) is 3.39. The lowest BCUT2D eigenvalue weighted by Gasteiger charge is -2.27. The van der Waals surface area contributed by atoms with E-state index in [1.807, 2.05) is 0 Å². The predicted octanol–water partition coefficient (Wildman–Crippen LogP) is -1.22. The zero-order valence-electron chi connectivity index (χ0n) is 10.1. The molecule has 0 aromatic heterocycles. The molecule has 98 valence electrons. The van der Waals surface area contributed by atoms with E-state index in [9.17, 15) is 14.7 Å². The van der Waals surface area contributed by atoms with Crippen LogP contribution in [0.2, 0.25) is 0 Å². The number of aliphatic hydroxyl groups excluding tert-OH is 1. The standard InChI is InChI=1S/C10H19N3O4/c1-11-3-4-12(2)10(17)13-6-7(14)5-8(13)9(15)16/h7-8,11,14H,3-6H2,1-2H3,(H,15,16)/t7?,8-/m0/s1. The summed E-state index contributed by atoms with van der Waals surface area (Å²) in [5.41, 5.74) is 0. The molecule has 7 nitrogen and oxygen atoms in total. The highest BCUT2D eigenvalue weighted by molar-refractivity contribution is 5.83. The molecule has 2 amide bonds. The second-order valence-electron chi connectivity index (χ2n) is 4.20. The normalized spacial score (nSPS) is 23.8. The summed E-state index contributed by atoms with van der Waals surface area (Å²) in [5, 5.41) is 21.3. The molecular formula is C10H19N3O4. The van der Waals surface area contributed by atoms with Gasteiger partial charge in [-0.3, -0.25) is 0 Å². The van der Waals surface area contributed by atoms with Crippen molar-refractivity contribution in [2.45, 2.75) is 18.6 Å². The van der Waals surface area contributed by atoms with Crippen LogP contribution in [-0.2, 0) is 4.79 Å². The fourth-order valence-electron chi connectivity index (χ4n) is 1.85. The zero-order chi connectivity index (χ0) is 13.0. The first-order valence-electron chi connectivity index (χ1n) is 5.54. The number of likely N-dealkylation sites (tertiary alicyclic amines) is 1. The van der Waals surface area contributed by atoms with Crippen molar-refractivity contribution in [3.8, 4) is 0 Å². The topological polar surface area (TPSA) is 93.1 Å². The maximum absolute atomic E-state index is 12.0. The molecule has 1 heterocycles. The molecule has 0 aliphatic carbocycles. The number of aliphatic carboxylic acids is 1. The fraction of sp³-hybridized carbons (Fsp3) is 0.800. The van der Waals surface area contributed by atoms with E-state index in [4.69, 9.17) is 5.11 Å². The van der Waals surface area contributed by atoms with Crippen LogP contribution in [0.1, 0.15) is 6.42 Å². The molecule has 1 rings (SSSR count). The van der Waals surface area contributed by atoms with Gasteiger partial charge in [-0.25, -0.2) is 9.59 Å². The highest BCUT2D eigenvalue weighted by atomic mass is 16.4. The summed E-state index contributed by atoms with van der Waals surface area (Å²) in [4.78, 5) is 25.6. The number of aliphatic hydroxyl groups is 1. The molecule has 17 heavy (non-hydrogen) atoms. The number of hydrogen-bond donors (Lipinski definition) is 3. The van der Waals surface area contributed by atoms with Crippen LogP contribution in [0.5, 0.6) is 0 Å². The van der Waals surface area contributed by atoms with Crippen LogP contribution in [0.15, 0.2) is 0 Å². The maximum Gasteiger partial charge on any atom is 0.326 e. The van der Waals surface area contributed by atoms with Gasteiger partial charge in [0.2, 0.25) is 0 Å². The van der Waals surface area contributed by atoms with Crippen molar-refractivity contribution in [2.75, 3.05) is 33.7 Å². The number of carbonyl (C=O) groups is 2. The van der Waals surface area contributed by atoms with Gasteiger partial charge in [0.05, 0.1) is 6.10 Å². The number of carboxylic acid groups (broad SMARTS) is 1.